The fourth-order valence-electron chi connectivity index (χ4n) is 2.75. The Morgan fingerprint density at radius 2 is 1.70 bits per heavy atom. The maximum Gasteiger partial charge on any atom is 0.241 e. The van der Waals surface area contributed by atoms with Gasteiger partial charge in [0, 0.05) is 26.6 Å². The molecule has 0 unspecified atom stereocenters. The molecule has 130 valence electrons. The zero-order valence-electron chi connectivity index (χ0n) is 14.8. The van der Waals surface area contributed by atoms with Crippen molar-refractivity contribution in [2.75, 3.05) is 19.6 Å². The van der Waals surface area contributed by atoms with Crippen molar-refractivity contribution in [1.82, 2.24) is 9.62 Å². The fraction of sp³-hybridized carbons (Fsp3) is 0.588. The van der Waals surface area contributed by atoms with Crippen molar-refractivity contribution in [3.8, 4) is 0 Å². The van der Waals surface area contributed by atoms with Crippen LogP contribution < -0.4 is 4.72 Å². The van der Waals surface area contributed by atoms with Gasteiger partial charge in [-0.1, -0.05) is 31.0 Å². The largest absolute Gasteiger partial charge is 0.342 e. The van der Waals surface area contributed by atoms with Gasteiger partial charge in [0.15, 0.2) is 0 Å². The highest BCUT2D eigenvalue weighted by Crippen LogP contribution is 2.21. The van der Waals surface area contributed by atoms with Gasteiger partial charge in [0.1, 0.15) is 0 Å². The van der Waals surface area contributed by atoms with Gasteiger partial charge >= 0.3 is 0 Å². The number of nitrogens with one attached hydrogen (secondary N) is 1. The predicted molar refractivity (Wildman–Crippen MR) is 93.0 cm³/mol. The van der Waals surface area contributed by atoms with E-state index in [4.69, 9.17) is 0 Å². The molecule has 0 fully saturated rings. The summed E-state index contributed by atoms with van der Waals surface area (Å²) in [5, 5.41) is 0. The van der Waals surface area contributed by atoms with Crippen LogP contribution in [-0.4, -0.2) is 38.9 Å². The molecule has 0 atom stereocenters. The fourth-order valence-corrected chi connectivity index (χ4v) is 4.22. The van der Waals surface area contributed by atoms with Crippen LogP contribution in [0.15, 0.2) is 17.0 Å². The molecule has 5 nitrogen and oxygen atoms in total. The Morgan fingerprint density at radius 3 is 2.17 bits per heavy atom. The van der Waals surface area contributed by atoms with Gasteiger partial charge in [-0.2, -0.15) is 0 Å². The summed E-state index contributed by atoms with van der Waals surface area (Å²) in [6.07, 6.45) is 1.92. The van der Waals surface area contributed by atoms with Crippen LogP contribution in [0.4, 0.5) is 0 Å². The molecule has 0 aliphatic carbocycles. The predicted octanol–water partition coefficient (Wildman–Crippen LogP) is 2.54. The summed E-state index contributed by atoms with van der Waals surface area (Å²) < 4.78 is 27.7. The smallest absolute Gasteiger partial charge is 0.241 e. The molecule has 0 heterocycles. The van der Waals surface area contributed by atoms with Crippen LogP contribution in [0.2, 0.25) is 0 Å². The van der Waals surface area contributed by atoms with Crippen molar-refractivity contribution in [1.29, 1.82) is 0 Å². The van der Waals surface area contributed by atoms with Crippen molar-refractivity contribution in [3.05, 3.63) is 28.8 Å². The van der Waals surface area contributed by atoms with Crippen LogP contribution in [0.5, 0.6) is 0 Å². The standard InChI is InChI=1S/C17H28N2O3S/c1-6-7-9-19(16(5)20)10-8-18-23(21,22)17-14(3)11-13(2)12-15(17)4/h11-12,18H,6-10H2,1-5H3. The van der Waals surface area contributed by atoms with E-state index in [1.807, 2.05) is 19.1 Å². The van der Waals surface area contributed by atoms with Crippen LogP contribution in [-0.2, 0) is 14.8 Å². The van der Waals surface area contributed by atoms with Crippen molar-refractivity contribution in [2.24, 2.45) is 0 Å². The number of carbonyl (C=O) groups is 1. The molecule has 0 aromatic heterocycles. The van der Waals surface area contributed by atoms with E-state index in [-0.39, 0.29) is 12.5 Å². The number of sulfonamides is 1. The van der Waals surface area contributed by atoms with Crippen molar-refractivity contribution in [3.63, 3.8) is 0 Å². The summed E-state index contributed by atoms with van der Waals surface area (Å²) >= 11 is 0. The van der Waals surface area contributed by atoms with Gasteiger partial charge in [-0.15, -0.1) is 0 Å². The zero-order chi connectivity index (χ0) is 17.6. The maximum absolute atomic E-state index is 12.5. The second kappa shape index (κ2) is 8.45. The molecule has 23 heavy (non-hydrogen) atoms. The molecule has 1 rings (SSSR count). The molecule has 1 aromatic carbocycles. The lowest BCUT2D eigenvalue weighted by atomic mass is 10.1. The number of rotatable bonds is 8. The number of aryl methyl sites for hydroxylation is 3. The first-order chi connectivity index (χ1) is 10.7. The van der Waals surface area contributed by atoms with Crippen LogP contribution in [0.25, 0.3) is 0 Å². The monoisotopic (exact) mass is 340 g/mol. The van der Waals surface area contributed by atoms with E-state index in [0.29, 0.717) is 18.0 Å². The number of hydrogen-bond acceptors (Lipinski definition) is 3. The van der Waals surface area contributed by atoms with Crippen molar-refractivity contribution in [2.45, 2.75) is 52.4 Å². The summed E-state index contributed by atoms with van der Waals surface area (Å²) in [5.41, 5.74) is 2.52. The van der Waals surface area contributed by atoms with Crippen LogP contribution in [0.3, 0.4) is 0 Å². The van der Waals surface area contributed by atoms with Gasteiger partial charge in [0.2, 0.25) is 15.9 Å². The maximum atomic E-state index is 12.5. The van der Waals surface area contributed by atoms with E-state index in [1.54, 1.807) is 18.7 Å². The Morgan fingerprint density at radius 1 is 1.13 bits per heavy atom. The van der Waals surface area contributed by atoms with Crippen molar-refractivity contribution < 1.29 is 13.2 Å². The van der Waals surface area contributed by atoms with E-state index in [9.17, 15) is 13.2 Å². The number of hydrogen-bond donors (Lipinski definition) is 1. The Kier molecular flexibility index (Phi) is 7.22. The minimum atomic E-state index is -3.57. The third kappa shape index (κ3) is 5.62. The molecule has 1 amide bonds. The first-order valence-electron chi connectivity index (χ1n) is 8.02. The first-order valence-corrected chi connectivity index (χ1v) is 9.50. The second-order valence-electron chi connectivity index (χ2n) is 5.99. The molecule has 0 spiro atoms. The summed E-state index contributed by atoms with van der Waals surface area (Å²) in [5.74, 6) is -0.0275. The van der Waals surface area contributed by atoms with Crippen molar-refractivity contribution >= 4 is 15.9 Å². The SMILES string of the molecule is CCCCN(CCNS(=O)(=O)c1c(C)cc(C)cc1C)C(C)=O. The van der Waals surface area contributed by atoms with E-state index < -0.39 is 10.0 Å². The summed E-state index contributed by atoms with van der Waals surface area (Å²) in [4.78, 5) is 13.6. The minimum absolute atomic E-state index is 0.0275. The molecule has 6 heteroatoms. The van der Waals surface area contributed by atoms with Crippen LogP contribution in [0, 0.1) is 20.8 Å². The Labute approximate surface area is 140 Å². The van der Waals surface area contributed by atoms with E-state index in [0.717, 1.165) is 29.5 Å². The lowest BCUT2D eigenvalue weighted by Gasteiger charge is -2.21. The average molecular weight is 340 g/mol. The summed E-state index contributed by atoms with van der Waals surface area (Å²) in [6, 6.07) is 3.73. The van der Waals surface area contributed by atoms with Gasteiger partial charge in [0.05, 0.1) is 4.90 Å². The third-order valence-electron chi connectivity index (χ3n) is 3.77. The number of benzene rings is 1. The highest BCUT2D eigenvalue weighted by molar-refractivity contribution is 7.89. The Hall–Kier alpha value is -1.40. The minimum Gasteiger partial charge on any atom is -0.342 e. The van der Waals surface area contributed by atoms with Gasteiger partial charge < -0.3 is 4.90 Å². The highest BCUT2D eigenvalue weighted by Gasteiger charge is 2.20. The van der Waals surface area contributed by atoms with Gasteiger partial charge in [0.25, 0.3) is 0 Å². The molecule has 0 aliphatic heterocycles. The third-order valence-corrected chi connectivity index (χ3v) is 5.54. The van der Waals surface area contributed by atoms with E-state index in [2.05, 4.69) is 11.6 Å². The quantitative estimate of drug-likeness (QED) is 0.791. The Balaban J connectivity index is 2.78. The molecule has 1 aromatic rings. The molecular weight excluding hydrogens is 312 g/mol. The Bertz CT molecular complexity index is 631. The van der Waals surface area contributed by atoms with Gasteiger partial charge in [-0.25, -0.2) is 13.1 Å². The van der Waals surface area contributed by atoms with Gasteiger partial charge in [-0.05, 0) is 38.3 Å². The summed E-state index contributed by atoms with van der Waals surface area (Å²) in [7, 11) is -3.57. The lowest BCUT2D eigenvalue weighted by Crippen LogP contribution is -2.38. The molecule has 0 radical (unpaired) electrons. The van der Waals surface area contributed by atoms with E-state index in [1.165, 1.54) is 6.92 Å². The first kappa shape index (κ1) is 19.6. The van der Waals surface area contributed by atoms with Crippen LogP contribution in [0.1, 0.15) is 43.4 Å². The van der Waals surface area contributed by atoms with E-state index >= 15 is 0 Å². The number of amides is 1. The number of nitrogens with zero attached hydrogens (tertiary/aromatic N) is 1. The molecule has 0 saturated heterocycles. The molecule has 0 saturated carbocycles. The molecule has 0 bridgehead atoms. The second-order valence-corrected chi connectivity index (χ2v) is 7.69. The highest BCUT2D eigenvalue weighted by atomic mass is 32.2. The number of unbranched alkanes of at least 4 members (excludes halogenated alkanes) is 1. The molecule has 1 N–H and O–H groups in total. The average Bonchev–Trinajstić information content (AvgIpc) is 2.40. The van der Waals surface area contributed by atoms with Crippen LogP contribution >= 0.6 is 0 Å². The number of carbonyl (C=O) groups excluding carboxylic acids is 1. The normalized spacial score (nSPS) is 11.5. The topological polar surface area (TPSA) is 66.5 Å². The zero-order valence-corrected chi connectivity index (χ0v) is 15.6. The van der Waals surface area contributed by atoms with Gasteiger partial charge in [-0.3, -0.25) is 4.79 Å². The lowest BCUT2D eigenvalue weighted by molar-refractivity contribution is -0.128. The molecule has 0 aliphatic rings. The summed E-state index contributed by atoms with van der Waals surface area (Å²) in [6.45, 7) is 10.4. The molecular formula is C17H28N2O3S.